The van der Waals surface area contributed by atoms with Crippen LogP contribution in [0.2, 0.25) is 0 Å². The van der Waals surface area contributed by atoms with E-state index in [1.165, 1.54) is 11.3 Å². The highest BCUT2D eigenvalue weighted by atomic mass is 32.1. The Morgan fingerprint density at radius 2 is 2.04 bits per heavy atom. The highest BCUT2D eigenvalue weighted by molar-refractivity contribution is 7.08. The lowest BCUT2D eigenvalue weighted by molar-refractivity contribution is -0.129. The summed E-state index contributed by atoms with van der Waals surface area (Å²) in [5.74, 6) is 0.208. The second-order valence-corrected chi connectivity index (χ2v) is 7.65. The molecule has 0 aliphatic carbocycles. The van der Waals surface area contributed by atoms with E-state index in [9.17, 15) is 9.59 Å². The van der Waals surface area contributed by atoms with Crippen LogP contribution in [0.15, 0.2) is 41.6 Å². The first kappa shape index (κ1) is 17.7. The summed E-state index contributed by atoms with van der Waals surface area (Å²) in [6, 6.07) is 1.85. The summed E-state index contributed by atoms with van der Waals surface area (Å²) in [5, 5.41) is 3.79. The van der Waals surface area contributed by atoms with Gasteiger partial charge in [-0.3, -0.25) is 14.6 Å². The van der Waals surface area contributed by atoms with Crippen molar-refractivity contribution < 1.29 is 9.59 Å². The molecule has 2 amide bonds. The van der Waals surface area contributed by atoms with Gasteiger partial charge < -0.3 is 14.2 Å². The Morgan fingerprint density at radius 3 is 2.81 bits per heavy atom. The highest BCUT2D eigenvalue weighted by Gasteiger charge is 2.28. The van der Waals surface area contributed by atoms with Crippen molar-refractivity contribution in [1.82, 2.24) is 24.2 Å². The second kappa shape index (κ2) is 7.48. The van der Waals surface area contributed by atoms with Gasteiger partial charge in [0.05, 0.1) is 17.5 Å². The number of aromatic nitrogens is 3. The topological polar surface area (TPSA) is 70.8 Å². The fourth-order valence-corrected chi connectivity index (χ4v) is 4.17. The van der Waals surface area contributed by atoms with E-state index in [1.807, 2.05) is 43.4 Å². The third-order valence-corrected chi connectivity index (χ3v) is 5.61. The lowest BCUT2D eigenvalue weighted by Crippen LogP contribution is -2.36. The van der Waals surface area contributed by atoms with E-state index >= 15 is 0 Å². The van der Waals surface area contributed by atoms with Crippen molar-refractivity contribution in [2.75, 3.05) is 26.2 Å². The molecule has 140 valence electrons. The van der Waals surface area contributed by atoms with E-state index in [1.54, 1.807) is 19.3 Å². The van der Waals surface area contributed by atoms with Crippen molar-refractivity contribution in [1.29, 1.82) is 0 Å². The van der Waals surface area contributed by atoms with Crippen molar-refractivity contribution in [3.8, 4) is 0 Å². The molecule has 0 N–H and O–H groups in total. The van der Waals surface area contributed by atoms with E-state index in [0.717, 1.165) is 11.3 Å². The summed E-state index contributed by atoms with van der Waals surface area (Å²) >= 11 is 1.52. The van der Waals surface area contributed by atoms with Gasteiger partial charge >= 0.3 is 0 Å². The number of nitrogens with zero attached hydrogens (tertiary/aromatic N) is 5. The van der Waals surface area contributed by atoms with Gasteiger partial charge in [0.2, 0.25) is 5.91 Å². The maximum atomic E-state index is 12.8. The van der Waals surface area contributed by atoms with E-state index < -0.39 is 0 Å². The number of carbonyl (C=O) groups is 2. The number of amides is 2. The van der Waals surface area contributed by atoms with Crippen LogP contribution in [0, 0.1) is 5.92 Å². The number of hydrogen-bond acceptors (Lipinski definition) is 5. The fraction of sp³-hybridized carbons (Fsp3) is 0.368. The molecule has 0 aromatic carbocycles. The van der Waals surface area contributed by atoms with Gasteiger partial charge in [-0.05, 0) is 23.8 Å². The van der Waals surface area contributed by atoms with Crippen LogP contribution in [0.1, 0.15) is 23.0 Å². The molecule has 1 atom stereocenters. The van der Waals surface area contributed by atoms with Crippen molar-refractivity contribution in [2.45, 2.75) is 13.3 Å². The molecule has 7 nitrogen and oxygen atoms in total. The molecule has 1 saturated heterocycles. The minimum atomic E-state index is 0.0321. The SMILES string of the molecule is CC(=O)N1CCN(C(=O)c2ccsc2)CC(Cc2cn3ccnc3cn2)C1. The lowest BCUT2D eigenvalue weighted by Gasteiger charge is -2.24. The van der Waals surface area contributed by atoms with Crippen LogP contribution < -0.4 is 0 Å². The number of rotatable bonds is 3. The smallest absolute Gasteiger partial charge is 0.254 e. The Hall–Kier alpha value is -2.74. The molecule has 0 radical (unpaired) electrons. The second-order valence-electron chi connectivity index (χ2n) is 6.87. The molecule has 1 fully saturated rings. The van der Waals surface area contributed by atoms with Crippen molar-refractivity contribution in [3.63, 3.8) is 0 Å². The molecule has 0 saturated carbocycles. The quantitative estimate of drug-likeness (QED) is 0.693. The minimum absolute atomic E-state index is 0.0321. The number of carbonyl (C=O) groups excluding carboxylic acids is 2. The molecular weight excluding hydrogens is 362 g/mol. The zero-order chi connectivity index (χ0) is 18.8. The molecule has 0 spiro atoms. The van der Waals surface area contributed by atoms with Crippen molar-refractivity contribution >= 4 is 28.8 Å². The van der Waals surface area contributed by atoms with Crippen LogP contribution in [-0.4, -0.2) is 62.2 Å². The maximum Gasteiger partial charge on any atom is 0.254 e. The third-order valence-electron chi connectivity index (χ3n) is 4.93. The molecule has 27 heavy (non-hydrogen) atoms. The lowest BCUT2D eigenvalue weighted by atomic mass is 10.0. The Bertz CT molecular complexity index is 952. The summed E-state index contributed by atoms with van der Waals surface area (Å²) in [7, 11) is 0. The van der Waals surface area contributed by atoms with E-state index in [-0.39, 0.29) is 17.7 Å². The Labute approximate surface area is 161 Å². The van der Waals surface area contributed by atoms with Crippen molar-refractivity contribution in [2.24, 2.45) is 5.92 Å². The highest BCUT2D eigenvalue weighted by Crippen LogP contribution is 2.18. The van der Waals surface area contributed by atoms with Gasteiger partial charge in [0.25, 0.3) is 5.91 Å². The standard InChI is InChI=1S/C19H21N5O2S/c1-14(25)22-5-6-24(19(26)16-2-7-27-13-16)11-15(10-22)8-17-12-23-4-3-20-18(23)9-21-17/h2-4,7,9,12-13,15H,5-6,8,10-11H2,1H3. The van der Waals surface area contributed by atoms with Crippen LogP contribution >= 0.6 is 11.3 Å². The predicted octanol–water partition coefficient (Wildman–Crippen LogP) is 1.95. The largest absolute Gasteiger partial charge is 0.341 e. The van der Waals surface area contributed by atoms with Crippen LogP contribution in [0.5, 0.6) is 0 Å². The summed E-state index contributed by atoms with van der Waals surface area (Å²) in [6.45, 7) is 3.95. The molecule has 4 rings (SSSR count). The van der Waals surface area contributed by atoms with E-state index in [0.29, 0.717) is 38.2 Å². The van der Waals surface area contributed by atoms with Gasteiger partial charge in [-0.2, -0.15) is 11.3 Å². The monoisotopic (exact) mass is 383 g/mol. The normalized spacial score (nSPS) is 17.9. The molecule has 1 unspecified atom stereocenters. The van der Waals surface area contributed by atoms with Gasteiger partial charge in [0, 0.05) is 57.1 Å². The van der Waals surface area contributed by atoms with Gasteiger partial charge in [0.1, 0.15) is 0 Å². The minimum Gasteiger partial charge on any atom is -0.341 e. The van der Waals surface area contributed by atoms with Crippen molar-refractivity contribution in [3.05, 3.63) is 52.9 Å². The average molecular weight is 383 g/mol. The molecule has 1 aliphatic rings. The third kappa shape index (κ3) is 3.85. The molecule has 0 bridgehead atoms. The number of hydrogen-bond donors (Lipinski definition) is 0. The summed E-state index contributed by atoms with van der Waals surface area (Å²) in [6.07, 6.45) is 8.05. The Morgan fingerprint density at radius 1 is 1.22 bits per heavy atom. The van der Waals surface area contributed by atoms with Gasteiger partial charge in [-0.1, -0.05) is 0 Å². The Balaban J connectivity index is 1.55. The predicted molar refractivity (Wildman–Crippen MR) is 103 cm³/mol. The number of thiophene rings is 1. The van der Waals surface area contributed by atoms with Crippen LogP contribution in [0.3, 0.4) is 0 Å². The van der Waals surface area contributed by atoms with E-state index in [4.69, 9.17) is 0 Å². The van der Waals surface area contributed by atoms with Gasteiger partial charge in [-0.15, -0.1) is 0 Å². The van der Waals surface area contributed by atoms with E-state index in [2.05, 4.69) is 9.97 Å². The Kier molecular flexibility index (Phi) is 4.89. The average Bonchev–Trinajstić information content (AvgIpc) is 3.30. The summed E-state index contributed by atoms with van der Waals surface area (Å²) in [5.41, 5.74) is 2.45. The first-order valence-electron chi connectivity index (χ1n) is 8.95. The summed E-state index contributed by atoms with van der Waals surface area (Å²) in [4.78, 5) is 37.2. The van der Waals surface area contributed by atoms with Crippen LogP contribution in [-0.2, 0) is 11.2 Å². The molecule has 3 aromatic heterocycles. The first-order valence-corrected chi connectivity index (χ1v) is 9.89. The molecule has 8 heteroatoms. The fourth-order valence-electron chi connectivity index (χ4n) is 3.54. The van der Waals surface area contributed by atoms with Gasteiger partial charge in [-0.25, -0.2) is 4.98 Å². The number of fused-ring (bicyclic) bond motifs is 1. The van der Waals surface area contributed by atoms with Gasteiger partial charge in [0.15, 0.2) is 5.65 Å². The zero-order valence-corrected chi connectivity index (χ0v) is 15.9. The molecule has 1 aliphatic heterocycles. The van der Waals surface area contributed by atoms with Crippen LogP contribution in [0.4, 0.5) is 0 Å². The maximum absolute atomic E-state index is 12.8. The summed E-state index contributed by atoms with van der Waals surface area (Å²) < 4.78 is 1.94. The molecular formula is C19H21N5O2S. The van der Waals surface area contributed by atoms with Crippen LogP contribution in [0.25, 0.3) is 5.65 Å². The number of imidazole rings is 1. The molecule has 3 aromatic rings. The molecule has 4 heterocycles. The zero-order valence-electron chi connectivity index (χ0n) is 15.1. The first-order chi connectivity index (χ1) is 13.1.